The molecule has 0 saturated heterocycles. The Hall–Kier alpha value is -0.270. The van der Waals surface area contributed by atoms with E-state index in [1.54, 1.807) is 0 Å². The Labute approximate surface area is 137 Å². The van der Waals surface area contributed by atoms with Gasteiger partial charge in [0.2, 0.25) is 0 Å². The summed E-state index contributed by atoms with van der Waals surface area (Å²) >= 11 is 6.86. The van der Waals surface area contributed by atoms with Crippen LogP contribution in [0.15, 0.2) is 16.6 Å². The predicted octanol–water partition coefficient (Wildman–Crippen LogP) is 3.56. The highest BCUT2D eigenvalue weighted by Gasteiger charge is 2.12. The maximum Gasteiger partial charge on any atom is 0.175 e. The van der Waals surface area contributed by atoms with Crippen molar-refractivity contribution in [1.29, 1.82) is 0 Å². The summed E-state index contributed by atoms with van der Waals surface area (Å²) in [5.74, 6) is 1.40. The first-order valence-corrected chi connectivity index (χ1v) is 10.2. The van der Waals surface area contributed by atoms with Crippen molar-refractivity contribution in [2.75, 3.05) is 25.2 Å². The van der Waals surface area contributed by atoms with Crippen molar-refractivity contribution in [2.45, 2.75) is 18.7 Å². The molecule has 0 amide bonds. The predicted molar refractivity (Wildman–Crippen MR) is 87.8 cm³/mol. The average molecular weight is 430 g/mol. The first kappa shape index (κ1) is 17.8. The summed E-state index contributed by atoms with van der Waals surface area (Å²) in [5, 5.41) is 0.722. The normalized spacial score (nSPS) is 11.4. The molecule has 0 fully saturated rings. The van der Waals surface area contributed by atoms with Crippen molar-refractivity contribution < 1.29 is 17.9 Å². The summed E-state index contributed by atoms with van der Waals surface area (Å²) in [4.78, 5) is 0. The van der Waals surface area contributed by atoms with E-state index in [1.165, 1.54) is 6.26 Å². The highest BCUT2D eigenvalue weighted by molar-refractivity contribution is 9.10. The molecule has 20 heavy (non-hydrogen) atoms. The molecule has 0 aliphatic heterocycles. The number of hydrogen-bond acceptors (Lipinski definition) is 4. The largest absolute Gasteiger partial charge is 0.490 e. The summed E-state index contributed by atoms with van der Waals surface area (Å²) in [7, 11) is -2.95. The molecule has 7 heteroatoms. The topological polar surface area (TPSA) is 52.6 Å². The summed E-state index contributed by atoms with van der Waals surface area (Å²) in [6.45, 7) is 2.78. The van der Waals surface area contributed by atoms with Crippen LogP contribution in [-0.4, -0.2) is 33.6 Å². The van der Waals surface area contributed by atoms with Crippen molar-refractivity contribution in [3.05, 3.63) is 22.2 Å². The third-order valence-electron chi connectivity index (χ3n) is 2.43. The van der Waals surface area contributed by atoms with Gasteiger partial charge in [-0.2, -0.15) is 0 Å². The molecule has 0 N–H and O–H groups in total. The van der Waals surface area contributed by atoms with Crippen LogP contribution in [0.1, 0.15) is 18.9 Å². The van der Waals surface area contributed by atoms with Gasteiger partial charge in [0.1, 0.15) is 9.84 Å². The molecular weight excluding hydrogens is 412 g/mol. The van der Waals surface area contributed by atoms with Crippen molar-refractivity contribution in [3.8, 4) is 11.5 Å². The number of hydrogen-bond donors (Lipinski definition) is 0. The summed E-state index contributed by atoms with van der Waals surface area (Å²) < 4.78 is 34.2. The van der Waals surface area contributed by atoms with E-state index >= 15 is 0 Å². The van der Waals surface area contributed by atoms with E-state index in [-0.39, 0.29) is 5.75 Å². The SMILES string of the molecule is CCOc1cc(CBr)cc(Br)c1OCCCS(C)(=O)=O. The van der Waals surface area contributed by atoms with Gasteiger partial charge in [0, 0.05) is 11.6 Å². The van der Waals surface area contributed by atoms with Crippen molar-refractivity contribution in [1.82, 2.24) is 0 Å². The fraction of sp³-hybridized carbons (Fsp3) is 0.538. The molecule has 4 nitrogen and oxygen atoms in total. The lowest BCUT2D eigenvalue weighted by atomic mass is 10.2. The zero-order chi connectivity index (χ0) is 15.2. The van der Waals surface area contributed by atoms with Gasteiger partial charge in [0.25, 0.3) is 0 Å². The minimum atomic E-state index is -2.95. The maximum absolute atomic E-state index is 11.1. The van der Waals surface area contributed by atoms with E-state index in [0.29, 0.717) is 31.1 Å². The molecule has 0 radical (unpaired) electrons. The number of benzene rings is 1. The van der Waals surface area contributed by atoms with Crippen LogP contribution in [0.25, 0.3) is 0 Å². The Morgan fingerprint density at radius 3 is 2.50 bits per heavy atom. The number of sulfone groups is 1. The van der Waals surface area contributed by atoms with Gasteiger partial charge in [-0.1, -0.05) is 15.9 Å². The highest BCUT2D eigenvalue weighted by atomic mass is 79.9. The van der Waals surface area contributed by atoms with Gasteiger partial charge in [-0.15, -0.1) is 0 Å². The Balaban J connectivity index is 2.77. The number of alkyl halides is 1. The van der Waals surface area contributed by atoms with Crippen LogP contribution < -0.4 is 9.47 Å². The average Bonchev–Trinajstić information content (AvgIpc) is 2.35. The van der Waals surface area contributed by atoms with Gasteiger partial charge in [0.15, 0.2) is 11.5 Å². The van der Waals surface area contributed by atoms with Gasteiger partial charge < -0.3 is 9.47 Å². The quantitative estimate of drug-likeness (QED) is 0.468. The maximum atomic E-state index is 11.1. The van der Waals surface area contributed by atoms with Crippen LogP contribution in [0.4, 0.5) is 0 Å². The molecule has 0 aliphatic carbocycles. The second kappa shape index (κ2) is 8.24. The van der Waals surface area contributed by atoms with Gasteiger partial charge in [-0.05, 0) is 47.0 Å². The van der Waals surface area contributed by atoms with E-state index in [2.05, 4.69) is 31.9 Å². The summed E-state index contributed by atoms with van der Waals surface area (Å²) in [6.07, 6.45) is 1.68. The molecule has 1 aromatic carbocycles. The molecule has 0 aliphatic rings. The number of ether oxygens (including phenoxy) is 2. The molecule has 0 bridgehead atoms. The number of rotatable bonds is 8. The Morgan fingerprint density at radius 2 is 1.95 bits per heavy atom. The monoisotopic (exact) mass is 428 g/mol. The zero-order valence-electron chi connectivity index (χ0n) is 11.5. The van der Waals surface area contributed by atoms with Gasteiger partial charge in [-0.25, -0.2) is 8.42 Å². The summed E-state index contributed by atoms with van der Waals surface area (Å²) in [6, 6.07) is 3.86. The molecule has 0 heterocycles. The lowest BCUT2D eigenvalue weighted by molar-refractivity contribution is 0.275. The second-order valence-electron chi connectivity index (χ2n) is 4.30. The molecule has 0 unspecified atom stereocenters. The second-order valence-corrected chi connectivity index (χ2v) is 7.98. The van der Waals surface area contributed by atoms with Crippen LogP contribution in [-0.2, 0) is 15.2 Å². The Bertz CT molecular complexity index is 544. The third kappa shape index (κ3) is 6.01. The fourth-order valence-corrected chi connectivity index (χ4v) is 3.17. The van der Waals surface area contributed by atoms with Crippen molar-refractivity contribution in [3.63, 3.8) is 0 Å². The Kier molecular flexibility index (Phi) is 7.33. The molecule has 0 aromatic heterocycles. The third-order valence-corrected chi connectivity index (χ3v) is 4.70. The lowest BCUT2D eigenvalue weighted by Crippen LogP contribution is -2.09. The molecule has 0 saturated carbocycles. The van der Waals surface area contributed by atoms with Gasteiger partial charge in [0.05, 0.1) is 23.4 Å². The van der Waals surface area contributed by atoms with Crippen molar-refractivity contribution >= 4 is 41.7 Å². The van der Waals surface area contributed by atoms with E-state index in [1.807, 2.05) is 19.1 Å². The first-order valence-electron chi connectivity index (χ1n) is 6.19. The minimum Gasteiger partial charge on any atom is -0.490 e. The first-order chi connectivity index (χ1) is 9.37. The molecule has 0 spiro atoms. The van der Waals surface area contributed by atoms with Crippen molar-refractivity contribution in [2.24, 2.45) is 0 Å². The molecular formula is C13H18Br2O4S. The van der Waals surface area contributed by atoms with Crippen LogP contribution in [0, 0.1) is 0 Å². The van der Waals surface area contributed by atoms with Crippen LogP contribution in [0.3, 0.4) is 0 Å². The fourth-order valence-electron chi connectivity index (χ4n) is 1.60. The minimum absolute atomic E-state index is 0.119. The van der Waals surface area contributed by atoms with E-state index in [9.17, 15) is 8.42 Å². The standard InChI is InChI=1S/C13H18Br2O4S/c1-3-18-12-8-10(9-14)7-11(15)13(12)19-5-4-6-20(2,16)17/h7-8H,3-6,9H2,1-2H3. The Morgan fingerprint density at radius 1 is 1.25 bits per heavy atom. The highest BCUT2D eigenvalue weighted by Crippen LogP contribution is 2.37. The molecule has 114 valence electrons. The molecule has 0 atom stereocenters. The zero-order valence-corrected chi connectivity index (χ0v) is 15.5. The van der Waals surface area contributed by atoms with Gasteiger partial charge >= 0.3 is 0 Å². The van der Waals surface area contributed by atoms with E-state index in [4.69, 9.17) is 9.47 Å². The van der Waals surface area contributed by atoms with Crippen LogP contribution in [0.5, 0.6) is 11.5 Å². The lowest BCUT2D eigenvalue weighted by Gasteiger charge is -2.14. The van der Waals surface area contributed by atoms with Gasteiger partial charge in [-0.3, -0.25) is 0 Å². The van der Waals surface area contributed by atoms with Crippen LogP contribution >= 0.6 is 31.9 Å². The number of halogens is 2. The molecule has 1 aromatic rings. The van der Waals surface area contributed by atoms with Crippen LogP contribution in [0.2, 0.25) is 0 Å². The summed E-state index contributed by atoms with van der Waals surface area (Å²) in [5.41, 5.74) is 1.07. The van der Waals surface area contributed by atoms with E-state index < -0.39 is 9.84 Å². The van der Waals surface area contributed by atoms with E-state index in [0.717, 1.165) is 15.4 Å². The molecule has 1 rings (SSSR count). The smallest absolute Gasteiger partial charge is 0.175 e.